The van der Waals surface area contributed by atoms with Gasteiger partial charge in [-0.2, -0.15) is 0 Å². The maximum Gasteiger partial charge on any atom is 0.320 e. The van der Waals surface area contributed by atoms with Crippen LogP contribution in [0, 0.1) is 0 Å². The standard InChI is InChI=1S/C13H30N4O2.3ClH/c1-12(13(18)19)17(11-5-7-15)10-3-2-8-16-9-4-6-14;;;/h12,16H,2-11,14-15H2,1H3,(H,18,19);3*1H/t12-;;;/m0.../s1. The Morgan fingerprint density at radius 3 is 2.00 bits per heavy atom. The number of unbranched alkanes of at least 4 members (excludes halogenated alkanes) is 1. The zero-order valence-corrected chi connectivity index (χ0v) is 15.8. The second-order valence-corrected chi connectivity index (χ2v) is 4.79. The van der Waals surface area contributed by atoms with E-state index >= 15 is 0 Å². The number of rotatable bonds is 13. The molecular weight excluding hydrogens is 351 g/mol. The van der Waals surface area contributed by atoms with Gasteiger partial charge in [-0.15, -0.1) is 37.2 Å². The predicted octanol–water partition coefficient (Wildman–Crippen LogP) is 1.09. The van der Waals surface area contributed by atoms with Gasteiger partial charge in [0.05, 0.1) is 0 Å². The Bertz CT molecular complexity index is 239. The van der Waals surface area contributed by atoms with Crippen molar-refractivity contribution in [1.82, 2.24) is 10.2 Å². The summed E-state index contributed by atoms with van der Waals surface area (Å²) >= 11 is 0. The molecule has 0 bridgehead atoms. The molecule has 0 unspecified atom stereocenters. The average molecular weight is 384 g/mol. The van der Waals surface area contributed by atoms with Gasteiger partial charge in [-0.25, -0.2) is 0 Å². The summed E-state index contributed by atoms with van der Waals surface area (Å²) in [5.74, 6) is -0.766. The molecule has 0 fully saturated rings. The molecular formula is C13H33Cl3N4O2. The van der Waals surface area contributed by atoms with Crippen molar-refractivity contribution in [2.24, 2.45) is 11.5 Å². The largest absolute Gasteiger partial charge is 0.480 e. The first-order chi connectivity index (χ1) is 9.13. The van der Waals surface area contributed by atoms with Crippen molar-refractivity contribution in [2.45, 2.75) is 38.6 Å². The van der Waals surface area contributed by atoms with Crippen molar-refractivity contribution in [3.8, 4) is 0 Å². The lowest BCUT2D eigenvalue weighted by molar-refractivity contribution is -0.142. The first-order valence-corrected chi connectivity index (χ1v) is 7.21. The van der Waals surface area contributed by atoms with Crippen LogP contribution in [-0.2, 0) is 4.79 Å². The van der Waals surface area contributed by atoms with Gasteiger partial charge in [-0.05, 0) is 65.3 Å². The minimum absolute atomic E-state index is 0. The molecule has 0 saturated heterocycles. The van der Waals surface area contributed by atoms with E-state index in [0.29, 0.717) is 6.54 Å². The van der Waals surface area contributed by atoms with E-state index in [1.165, 1.54) is 0 Å². The van der Waals surface area contributed by atoms with Gasteiger partial charge in [-0.3, -0.25) is 9.69 Å². The number of carboxylic acid groups (broad SMARTS) is 1. The second-order valence-electron chi connectivity index (χ2n) is 4.79. The zero-order valence-electron chi connectivity index (χ0n) is 13.3. The van der Waals surface area contributed by atoms with Crippen molar-refractivity contribution in [3.05, 3.63) is 0 Å². The molecule has 0 aliphatic heterocycles. The Morgan fingerprint density at radius 1 is 1.00 bits per heavy atom. The van der Waals surface area contributed by atoms with Gasteiger partial charge in [0, 0.05) is 6.54 Å². The molecule has 0 spiro atoms. The maximum atomic E-state index is 11.0. The summed E-state index contributed by atoms with van der Waals surface area (Å²) in [5.41, 5.74) is 10.9. The van der Waals surface area contributed by atoms with Crippen LogP contribution in [0.3, 0.4) is 0 Å². The lowest BCUT2D eigenvalue weighted by Gasteiger charge is -2.26. The van der Waals surface area contributed by atoms with Crippen LogP contribution >= 0.6 is 37.2 Å². The number of nitrogens with two attached hydrogens (primary N) is 2. The molecule has 0 aromatic rings. The average Bonchev–Trinajstić information content (AvgIpc) is 2.40. The van der Waals surface area contributed by atoms with Gasteiger partial charge in [0.2, 0.25) is 0 Å². The van der Waals surface area contributed by atoms with E-state index in [-0.39, 0.29) is 37.2 Å². The van der Waals surface area contributed by atoms with Crippen LogP contribution < -0.4 is 16.8 Å². The van der Waals surface area contributed by atoms with E-state index in [1.807, 2.05) is 4.90 Å². The molecule has 0 radical (unpaired) electrons. The fraction of sp³-hybridized carbons (Fsp3) is 0.923. The topological polar surface area (TPSA) is 105 Å². The minimum Gasteiger partial charge on any atom is -0.480 e. The third kappa shape index (κ3) is 16.5. The Balaban J connectivity index is -0.000000540. The van der Waals surface area contributed by atoms with Crippen LogP contribution in [0.25, 0.3) is 0 Å². The maximum absolute atomic E-state index is 11.0. The lowest BCUT2D eigenvalue weighted by Crippen LogP contribution is -2.40. The molecule has 6 N–H and O–H groups in total. The fourth-order valence-electron chi connectivity index (χ4n) is 1.87. The number of carboxylic acids is 1. The first-order valence-electron chi connectivity index (χ1n) is 7.21. The van der Waals surface area contributed by atoms with Gasteiger partial charge >= 0.3 is 5.97 Å². The van der Waals surface area contributed by atoms with Gasteiger partial charge in [0.1, 0.15) is 6.04 Å². The highest BCUT2D eigenvalue weighted by atomic mass is 35.5. The number of halogens is 3. The molecule has 6 nitrogen and oxygen atoms in total. The van der Waals surface area contributed by atoms with Crippen molar-refractivity contribution in [3.63, 3.8) is 0 Å². The highest BCUT2D eigenvalue weighted by Gasteiger charge is 2.19. The molecule has 9 heteroatoms. The summed E-state index contributed by atoms with van der Waals surface area (Å²) in [5, 5.41) is 12.4. The number of hydrogen-bond acceptors (Lipinski definition) is 5. The van der Waals surface area contributed by atoms with E-state index in [4.69, 9.17) is 16.6 Å². The van der Waals surface area contributed by atoms with E-state index < -0.39 is 12.0 Å². The molecule has 0 aliphatic rings. The van der Waals surface area contributed by atoms with Crippen LogP contribution in [0.5, 0.6) is 0 Å². The fourth-order valence-corrected chi connectivity index (χ4v) is 1.87. The minimum atomic E-state index is -0.766. The molecule has 22 heavy (non-hydrogen) atoms. The summed E-state index contributed by atoms with van der Waals surface area (Å²) in [6.07, 6.45) is 3.89. The van der Waals surface area contributed by atoms with Crippen LogP contribution in [0.1, 0.15) is 32.6 Å². The van der Waals surface area contributed by atoms with E-state index in [2.05, 4.69) is 5.32 Å². The van der Waals surface area contributed by atoms with Crippen LogP contribution in [0.4, 0.5) is 0 Å². The van der Waals surface area contributed by atoms with Crippen LogP contribution in [0.15, 0.2) is 0 Å². The third-order valence-corrected chi connectivity index (χ3v) is 3.16. The number of nitrogens with one attached hydrogen (secondary N) is 1. The molecule has 0 heterocycles. The molecule has 0 aromatic carbocycles. The molecule has 0 saturated carbocycles. The van der Waals surface area contributed by atoms with Crippen molar-refractivity contribution in [2.75, 3.05) is 39.3 Å². The molecule has 138 valence electrons. The Kier molecular flexibility index (Phi) is 29.0. The molecule has 0 amide bonds. The summed E-state index contributed by atoms with van der Waals surface area (Å²) in [7, 11) is 0. The smallest absolute Gasteiger partial charge is 0.320 e. The van der Waals surface area contributed by atoms with E-state index in [1.54, 1.807) is 6.92 Å². The summed E-state index contributed by atoms with van der Waals surface area (Å²) in [6, 6.07) is -0.434. The molecule has 0 aliphatic carbocycles. The molecule has 0 aromatic heterocycles. The summed E-state index contributed by atoms with van der Waals surface area (Å²) in [4.78, 5) is 13.0. The van der Waals surface area contributed by atoms with Crippen LogP contribution in [-0.4, -0.2) is 61.3 Å². The predicted molar refractivity (Wildman–Crippen MR) is 99.9 cm³/mol. The highest BCUT2D eigenvalue weighted by molar-refractivity contribution is 5.86. The zero-order chi connectivity index (χ0) is 14.5. The van der Waals surface area contributed by atoms with Crippen molar-refractivity contribution >= 4 is 43.2 Å². The first kappa shape index (κ1) is 30.1. The number of nitrogens with zero attached hydrogens (tertiary/aromatic N) is 1. The van der Waals surface area contributed by atoms with Gasteiger partial charge in [0.15, 0.2) is 0 Å². The number of carbonyl (C=O) groups is 1. The lowest BCUT2D eigenvalue weighted by atomic mass is 10.2. The van der Waals surface area contributed by atoms with E-state index in [0.717, 1.165) is 58.4 Å². The highest BCUT2D eigenvalue weighted by Crippen LogP contribution is 2.03. The van der Waals surface area contributed by atoms with E-state index in [9.17, 15) is 4.79 Å². The summed E-state index contributed by atoms with van der Waals surface area (Å²) in [6.45, 7) is 6.54. The third-order valence-electron chi connectivity index (χ3n) is 3.16. The summed E-state index contributed by atoms with van der Waals surface area (Å²) < 4.78 is 0. The Labute approximate surface area is 153 Å². The Hall–Kier alpha value is 0.180. The monoisotopic (exact) mass is 382 g/mol. The van der Waals surface area contributed by atoms with Gasteiger partial charge < -0.3 is 21.9 Å². The SMILES string of the molecule is C[C@@H](C(=O)O)N(CCCN)CCCCNCCCN.Cl.Cl.Cl. The normalized spacial score (nSPS) is 11.1. The number of aliphatic carboxylic acids is 1. The van der Waals surface area contributed by atoms with Gasteiger partial charge in [-0.1, -0.05) is 0 Å². The van der Waals surface area contributed by atoms with Crippen LogP contribution in [0.2, 0.25) is 0 Å². The second kappa shape index (κ2) is 21.2. The Morgan fingerprint density at radius 2 is 1.50 bits per heavy atom. The quantitative estimate of drug-likeness (QED) is 0.355. The number of hydrogen-bond donors (Lipinski definition) is 4. The molecule has 1 atom stereocenters. The molecule has 0 rings (SSSR count). The van der Waals surface area contributed by atoms with Gasteiger partial charge in [0.25, 0.3) is 0 Å². The van der Waals surface area contributed by atoms with Crippen molar-refractivity contribution < 1.29 is 9.90 Å². The van der Waals surface area contributed by atoms with Crippen molar-refractivity contribution in [1.29, 1.82) is 0 Å².